The molecule has 2 aliphatic rings. The maximum Gasteiger partial charge on any atom is 0.243 e. The first-order chi connectivity index (χ1) is 18.4. The molecule has 3 aromatic heterocycles. The van der Waals surface area contributed by atoms with Gasteiger partial charge in [0.1, 0.15) is 11.2 Å². The van der Waals surface area contributed by atoms with Gasteiger partial charge in [-0.25, -0.2) is 13.4 Å². The van der Waals surface area contributed by atoms with E-state index in [1.54, 1.807) is 46.2 Å². The number of carbonyl (C=O) groups excluding carboxylic acids is 1. The average molecular weight is 571 g/mol. The van der Waals surface area contributed by atoms with Crippen LogP contribution in [0.2, 0.25) is 0 Å². The summed E-state index contributed by atoms with van der Waals surface area (Å²) in [6, 6.07) is 6.41. The third-order valence-corrected chi connectivity index (χ3v) is 11.4. The van der Waals surface area contributed by atoms with Crippen LogP contribution < -0.4 is 5.32 Å². The number of carbonyl (C=O) groups is 1. The minimum atomic E-state index is -3.52. The van der Waals surface area contributed by atoms with E-state index in [4.69, 9.17) is 0 Å². The zero-order valence-corrected chi connectivity index (χ0v) is 23.7. The van der Waals surface area contributed by atoms with E-state index in [9.17, 15) is 13.2 Å². The number of aryl methyl sites for hydroxylation is 1. The van der Waals surface area contributed by atoms with Gasteiger partial charge in [0.05, 0.1) is 16.0 Å². The molecule has 0 unspecified atom stereocenters. The molecule has 1 aromatic carbocycles. The van der Waals surface area contributed by atoms with E-state index < -0.39 is 10.0 Å². The number of anilines is 1. The Bertz CT molecular complexity index is 1590. The van der Waals surface area contributed by atoms with Gasteiger partial charge in [-0.05, 0) is 67.9 Å². The number of fused-ring (bicyclic) bond motifs is 5. The van der Waals surface area contributed by atoms with Crippen molar-refractivity contribution in [1.29, 1.82) is 0 Å². The highest BCUT2D eigenvalue weighted by atomic mass is 32.2. The van der Waals surface area contributed by atoms with Crippen molar-refractivity contribution in [2.45, 2.75) is 61.9 Å². The minimum Gasteiger partial charge on any atom is -0.325 e. The van der Waals surface area contributed by atoms with E-state index in [2.05, 4.69) is 27.4 Å². The van der Waals surface area contributed by atoms with Crippen LogP contribution in [0.1, 0.15) is 49.5 Å². The first-order valence-corrected chi connectivity index (χ1v) is 16.3. The highest BCUT2D eigenvalue weighted by Crippen LogP contribution is 2.39. The normalized spacial score (nSPS) is 18.9. The van der Waals surface area contributed by atoms with Gasteiger partial charge < -0.3 is 5.32 Å². The van der Waals surface area contributed by atoms with Crippen LogP contribution >= 0.6 is 23.1 Å². The number of hydrogen-bond donors (Lipinski definition) is 1. The summed E-state index contributed by atoms with van der Waals surface area (Å²) in [6.07, 6.45) is 8.95. The topological polar surface area (TPSA) is 110 Å². The van der Waals surface area contributed by atoms with Gasteiger partial charge in [0.25, 0.3) is 0 Å². The van der Waals surface area contributed by atoms with Gasteiger partial charge in [-0.3, -0.25) is 9.20 Å². The molecule has 1 saturated heterocycles. The Morgan fingerprint density at radius 2 is 1.89 bits per heavy atom. The molecule has 6 rings (SSSR count). The molecular formula is C26H30N6O3S3. The van der Waals surface area contributed by atoms with Gasteiger partial charge in [0, 0.05) is 23.7 Å². The molecule has 0 radical (unpaired) electrons. The molecule has 4 aromatic rings. The van der Waals surface area contributed by atoms with Crippen LogP contribution in [0.15, 0.2) is 40.6 Å². The fourth-order valence-corrected chi connectivity index (χ4v) is 8.85. The molecule has 1 aliphatic carbocycles. The fraction of sp³-hybridized carbons (Fsp3) is 0.462. The molecule has 38 heavy (non-hydrogen) atoms. The number of benzene rings is 1. The molecule has 12 heteroatoms. The zero-order chi connectivity index (χ0) is 26.3. The van der Waals surface area contributed by atoms with Crippen LogP contribution in [0.25, 0.3) is 15.9 Å². The smallest absolute Gasteiger partial charge is 0.243 e. The van der Waals surface area contributed by atoms with E-state index in [1.807, 2.05) is 4.40 Å². The molecule has 1 N–H and O–H groups in total. The standard InChI is InChI=1S/C26H30N6O3S3/c1-17-6-11-20-21(14-17)37-25-23(20)24-29-30-26(32(24)16-27-25)36-15-22(33)28-18-7-9-19(10-8-18)38(34,35)31-12-4-2-3-5-13-31/h7-10,16-17H,2-6,11-15H2,1H3,(H,28,33)/t17-/m1/s1. The van der Waals surface area contributed by atoms with E-state index in [0.717, 1.165) is 54.4 Å². The summed E-state index contributed by atoms with van der Waals surface area (Å²) in [7, 11) is -3.52. The minimum absolute atomic E-state index is 0.145. The van der Waals surface area contributed by atoms with E-state index in [0.29, 0.717) is 29.9 Å². The lowest BCUT2D eigenvalue weighted by Crippen LogP contribution is -2.31. The number of nitrogens with zero attached hydrogens (tertiary/aromatic N) is 5. The maximum absolute atomic E-state index is 13.0. The third kappa shape index (κ3) is 4.94. The van der Waals surface area contributed by atoms with E-state index >= 15 is 0 Å². The van der Waals surface area contributed by atoms with Crippen molar-refractivity contribution in [1.82, 2.24) is 23.9 Å². The lowest BCUT2D eigenvalue weighted by atomic mass is 9.89. The van der Waals surface area contributed by atoms with Crippen molar-refractivity contribution < 1.29 is 13.2 Å². The first-order valence-electron chi connectivity index (χ1n) is 13.1. The highest BCUT2D eigenvalue weighted by molar-refractivity contribution is 7.99. The van der Waals surface area contributed by atoms with Crippen LogP contribution in [-0.4, -0.2) is 57.1 Å². The van der Waals surface area contributed by atoms with Crippen LogP contribution in [0, 0.1) is 5.92 Å². The van der Waals surface area contributed by atoms with Gasteiger partial charge in [0.15, 0.2) is 10.8 Å². The molecule has 9 nitrogen and oxygen atoms in total. The van der Waals surface area contributed by atoms with Crippen molar-refractivity contribution in [2.75, 3.05) is 24.2 Å². The molecule has 0 saturated carbocycles. The number of thiophene rings is 1. The molecule has 200 valence electrons. The number of thioether (sulfide) groups is 1. The zero-order valence-electron chi connectivity index (χ0n) is 21.2. The van der Waals surface area contributed by atoms with Crippen LogP contribution in [0.4, 0.5) is 5.69 Å². The van der Waals surface area contributed by atoms with Gasteiger partial charge in [-0.15, -0.1) is 21.5 Å². The summed E-state index contributed by atoms with van der Waals surface area (Å²) in [5.74, 6) is 0.631. The Kier molecular flexibility index (Phi) is 7.14. The largest absolute Gasteiger partial charge is 0.325 e. The van der Waals surface area contributed by atoms with Gasteiger partial charge in [-0.1, -0.05) is 31.5 Å². The Morgan fingerprint density at radius 3 is 2.66 bits per heavy atom. The number of amides is 1. The Labute approximate surface area is 230 Å². The van der Waals surface area contributed by atoms with Gasteiger partial charge >= 0.3 is 0 Å². The van der Waals surface area contributed by atoms with Gasteiger partial charge in [0.2, 0.25) is 15.9 Å². The fourth-order valence-electron chi connectivity index (χ4n) is 5.29. The second kappa shape index (κ2) is 10.6. The van der Waals surface area contributed by atoms with Crippen molar-refractivity contribution >= 4 is 60.6 Å². The average Bonchev–Trinajstić information content (AvgIpc) is 3.36. The second-order valence-corrected chi connectivity index (χ2v) is 14.1. The van der Waals surface area contributed by atoms with Crippen molar-refractivity contribution in [2.24, 2.45) is 5.92 Å². The van der Waals surface area contributed by atoms with Crippen molar-refractivity contribution in [3.63, 3.8) is 0 Å². The maximum atomic E-state index is 13.0. The summed E-state index contributed by atoms with van der Waals surface area (Å²) in [5.41, 5.74) is 2.70. The van der Waals surface area contributed by atoms with E-state index in [-0.39, 0.29) is 16.6 Å². The number of nitrogens with one attached hydrogen (secondary N) is 1. The summed E-state index contributed by atoms with van der Waals surface area (Å²) < 4.78 is 29.4. The first kappa shape index (κ1) is 25.7. The molecule has 1 atom stereocenters. The predicted molar refractivity (Wildman–Crippen MR) is 150 cm³/mol. The molecule has 1 aliphatic heterocycles. The number of sulfonamides is 1. The predicted octanol–water partition coefficient (Wildman–Crippen LogP) is 4.76. The van der Waals surface area contributed by atoms with Crippen LogP contribution in [-0.2, 0) is 27.7 Å². The molecule has 1 amide bonds. The van der Waals surface area contributed by atoms with E-state index in [1.165, 1.54) is 28.6 Å². The number of rotatable bonds is 6. The Balaban J connectivity index is 1.12. The van der Waals surface area contributed by atoms with Crippen LogP contribution in [0.3, 0.4) is 0 Å². The third-order valence-electron chi connectivity index (χ3n) is 7.34. The van der Waals surface area contributed by atoms with Gasteiger partial charge in [-0.2, -0.15) is 4.31 Å². The van der Waals surface area contributed by atoms with Crippen LogP contribution in [0.5, 0.6) is 0 Å². The quantitative estimate of drug-likeness (QED) is 0.333. The molecule has 0 bridgehead atoms. The molecule has 1 fully saturated rings. The summed E-state index contributed by atoms with van der Waals surface area (Å²) in [5, 5.41) is 13.4. The summed E-state index contributed by atoms with van der Waals surface area (Å²) in [6.45, 7) is 3.41. The monoisotopic (exact) mass is 570 g/mol. The Hall–Kier alpha value is -2.54. The number of aromatic nitrogens is 4. The lowest BCUT2D eigenvalue weighted by molar-refractivity contribution is -0.113. The summed E-state index contributed by atoms with van der Waals surface area (Å²) >= 11 is 3.05. The number of hydrogen-bond acceptors (Lipinski definition) is 8. The molecule has 0 spiro atoms. The summed E-state index contributed by atoms with van der Waals surface area (Å²) in [4.78, 5) is 20.0. The van der Waals surface area contributed by atoms with Crippen molar-refractivity contribution in [3.05, 3.63) is 41.0 Å². The lowest BCUT2D eigenvalue weighted by Gasteiger charge is -2.20. The second-order valence-electron chi connectivity index (χ2n) is 10.1. The highest BCUT2D eigenvalue weighted by Gasteiger charge is 2.26. The molecule has 4 heterocycles. The SMILES string of the molecule is C[C@@H]1CCc2c(sc3ncn4c(SCC(=O)Nc5ccc(S(=O)(=O)N6CCCCCC6)cc5)nnc4c23)C1. The van der Waals surface area contributed by atoms with Crippen molar-refractivity contribution in [3.8, 4) is 0 Å². The molecular weight excluding hydrogens is 541 g/mol. The Morgan fingerprint density at radius 1 is 1.13 bits per heavy atom.